The molecule has 0 aliphatic heterocycles. The molecule has 126 valence electrons. The molecule has 2 N–H and O–H groups in total. The van der Waals surface area contributed by atoms with E-state index in [1.165, 1.54) is 5.56 Å². The number of hydrogen-bond donors (Lipinski definition) is 2. The van der Waals surface area contributed by atoms with Gasteiger partial charge in [0.05, 0.1) is 0 Å². The van der Waals surface area contributed by atoms with Crippen molar-refractivity contribution in [2.45, 2.75) is 25.7 Å². The molecule has 0 unspecified atom stereocenters. The Bertz CT molecular complexity index is 641. The smallest absolute Gasteiger partial charge is 0.309 e. The predicted octanol–water partition coefficient (Wildman–Crippen LogP) is 2.66. The Balaban J connectivity index is 1.64. The van der Waals surface area contributed by atoms with Crippen LogP contribution in [-0.2, 0) is 16.0 Å². The Labute approximate surface area is 143 Å². The van der Waals surface area contributed by atoms with Gasteiger partial charge in [-0.1, -0.05) is 67.6 Å². The minimum atomic E-state index is -0.572. The average Bonchev–Trinajstić information content (AvgIpc) is 2.64. The predicted molar refractivity (Wildman–Crippen MR) is 95.6 cm³/mol. The maximum absolute atomic E-state index is 11.8. The lowest BCUT2D eigenvalue weighted by Crippen LogP contribution is -2.41. The fourth-order valence-corrected chi connectivity index (χ4v) is 2.44. The van der Waals surface area contributed by atoms with E-state index in [9.17, 15) is 9.59 Å². The van der Waals surface area contributed by atoms with Gasteiger partial charge in [0.1, 0.15) is 0 Å². The molecule has 2 aromatic rings. The minimum absolute atomic E-state index is 0.168. The van der Waals surface area contributed by atoms with Gasteiger partial charge < -0.3 is 10.6 Å². The Morgan fingerprint density at radius 2 is 1.46 bits per heavy atom. The van der Waals surface area contributed by atoms with Gasteiger partial charge in [0, 0.05) is 13.1 Å². The monoisotopic (exact) mass is 324 g/mol. The highest BCUT2D eigenvalue weighted by molar-refractivity contribution is 6.35. The van der Waals surface area contributed by atoms with Crippen molar-refractivity contribution in [1.82, 2.24) is 10.6 Å². The van der Waals surface area contributed by atoms with Crippen LogP contribution >= 0.6 is 0 Å². The quantitative estimate of drug-likeness (QED) is 0.608. The Morgan fingerprint density at radius 3 is 2.12 bits per heavy atom. The standard InChI is InChI=1S/C20H24N2O2/c1-16(18-12-6-3-7-13-18)15-22-20(24)19(23)21-14-8-11-17-9-4-2-5-10-17/h2-7,9-10,12-13,16H,8,11,14-15H2,1H3,(H,21,23)(H,22,24)/t16-/m0/s1. The van der Waals surface area contributed by atoms with Crippen LogP contribution < -0.4 is 10.6 Å². The van der Waals surface area contributed by atoms with E-state index in [4.69, 9.17) is 0 Å². The van der Waals surface area contributed by atoms with Crippen molar-refractivity contribution in [3.63, 3.8) is 0 Å². The second-order valence-corrected chi connectivity index (χ2v) is 5.87. The number of amides is 2. The van der Waals surface area contributed by atoms with Crippen molar-refractivity contribution in [1.29, 1.82) is 0 Å². The van der Waals surface area contributed by atoms with Gasteiger partial charge in [-0.15, -0.1) is 0 Å². The lowest BCUT2D eigenvalue weighted by Gasteiger charge is -2.13. The number of rotatable bonds is 7. The molecule has 1 atom stereocenters. The molecule has 0 bridgehead atoms. The summed E-state index contributed by atoms with van der Waals surface area (Å²) in [6.07, 6.45) is 1.69. The van der Waals surface area contributed by atoms with Crippen molar-refractivity contribution in [2.75, 3.05) is 13.1 Å². The van der Waals surface area contributed by atoms with Crippen molar-refractivity contribution in [2.24, 2.45) is 0 Å². The first-order valence-corrected chi connectivity index (χ1v) is 8.31. The van der Waals surface area contributed by atoms with Gasteiger partial charge >= 0.3 is 11.8 Å². The molecule has 2 rings (SSSR count). The molecular formula is C20H24N2O2. The van der Waals surface area contributed by atoms with Crippen LogP contribution in [0.2, 0.25) is 0 Å². The molecule has 0 heterocycles. The van der Waals surface area contributed by atoms with Crippen LogP contribution in [-0.4, -0.2) is 24.9 Å². The summed E-state index contributed by atoms with van der Waals surface area (Å²) >= 11 is 0. The number of carbonyl (C=O) groups excluding carboxylic acids is 2. The topological polar surface area (TPSA) is 58.2 Å². The molecule has 0 aliphatic rings. The summed E-state index contributed by atoms with van der Waals surface area (Å²) in [5, 5.41) is 5.35. The SMILES string of the molecule is C[C@@H](CNC(=O)C(=O)NCCCc1ccccc1)c1ccccc1. The molecule has 24 heavy (non-hydrogen) atoms. The van der Waals surface area contributed by atoms with E-state index in [2.05, 4.69) is 22.8 Å². The Kier molecular flexibility index (Phi) is 7.02. The lowest BCUT2D eigenvalue weighted by atomic mass is 10.0. The van der Waals surface area contributed by atoms with Crippen LogP contribution in [0.4, 0.5) is 0 Å². The van der Waals surface area contributed by atoms with Crippen molar-refractivity contribution < 1.29 is 9.59 Å². The zero-order valence-electron chi connectivity index (χ0n) is 14.0. The van der Waals surface area contributed by atoms with Gasteiger partial charge in [-0.3, -0.25) is 9.59 Å². The van der Waals surface area contributed by atoms with E-state index in [0.717, 1.165) is 18.4 Å². The van der Waals surface area contributed by atoms with E-state index >= 15 is 0 Å². The van der Waals surface area contributed by atoms with E-state index in [-0.39, 0.29) is 5.92 Å². The molecular weight excluding hydrogens is 300 g/mol. The molecule has 4 heteroatoms. The summed E-state index contributed by atoms with van der Waals surface area (Å²) in [6, 6.07) is 20.0. The fraction of sp³-hybridized carbons (Fsp3) is 0.300. The maximum atomic E-state index is 11.8. The van der Waals surface area contributed by atoms with Crippen molar-refractivity contribution in [3.05, 3.63) is 71.8 Å². The van der Waals surface area contributed by atoms with Crippen LogP contribution in [0.5, 0.6) is 0 Å². The van der Waals surface area contributed by atoms with Gasteiger partial charge in [-0.2, -0.15) is 0 Å². The van der Waals surface area contributed by atoms with Crippen LogP contribution in [0.3, 0.4) is 0 Å². The second kappa shape index (κ2) is 9.50. The first kappa shape index (κ1) is 17.7. The van der Waals surface area contributed by atoms with E-state index in [1.54, 1.807) is 0 Å². The summed E-state index contributed by atoms with van der Waals surface area (Å²) in [4.78, 5) is 23.6. The van der Waals surface area contributed by atoms with Crippen LogP contribution in [0.25, 0.3) is 0 Å². The number of aryl methyl sites for hydroxylation is 1. The zero-order chi connectivity index (χ0) is 17.2. The van der Waals surface area contributed by atoms with Crippen LogP contribution in [0.1, 0.15) is 30.4 Å². The van der Waals surface area contributed by atoms with E-state index < -0.39 is 11.8 Å². The Hall–Kier alpha value is -2.62. The lowest BCUT2D eigenvalue weighted by molar-refractivity contribution is -0.139. The Morgan fingerprint density at radius 1 is 0.875 bits per heavy atom. The molecule has 0 aliphatic carbocycles. The third kappa shape index (κ3) is 5.88. The van der Waals surface area contributed by atoms with Gasteiger partial charge in [-0.05, 0) is 29.9 Å². The van der Waals surface area contributed by atoms with E-state index in [1.807, 2.05) is 55.5 Å². The summed E-state index contributed by atoms with van der Waals surface area (Å²) in [5.41, 5.74) is 2.37. The second-order valence-electron chi connectivity index (χ2n) is 5.87. The largest absolute Gasteiger partial charge is 0.348 e. The molecule has 4 nitrogen and oxygen atoms in total. The number of hydrogen-bond acceptors (Lipinski definition) is 2. The molecule has 0 aromatic heterocycles. The first-order chi connectivity index (χ1) is 11.7. The summed E-state index contributed by atoms with van der Waals surface area (Å²) < 4.78 is 0. The van der Waals surface area contributed by atoms with Crippen molar-refractivity contribution >= 4 is 11.8 Å². The number of carbonyl (C=O) groups is 2. The van der Waals surface area contributed by atoms with Gasteiger partial charge in [0.15, 0.2) is 0 Å². The third-order valence-electron chi connectivity index (χ3n) is 3.91. The molecule has 2 aromatic carbocycles. The van der Waals surface area contributed by atoms with Gasteiger partial charge in [-0.25, -0.2) is 0 Å². The molecule has 0 saturated heterocycles. The van der Waals surface area contributed by atoms with Gasteiger partial charge in [0.2, 0.25) is 0 Å². The summed E-state index contributed by atoms with van der Waals surface area (Å²) in [6.45, 7) is 2.96. The van der Waals surface area contributed by atoms with E-state index in [0.29, 0.717) is 13.1 Å². The highest BCUT2D eigenvalue weighted by Gasteiger charge is 2.14. The third-order valence-corrected chi connectivity index (χ3v) is 3.91. The van der Waals surface area contributed by atoms with Crippen molar-refractivity contribution in [3.8, 4) is 0 Å². The summed E-state index contributed by atoms with van der Waals surface area (Å²) in [5.74, 6) is -0.971. The molecule has 2 amide bonds. The molecule has 0 radical (unpaired) electrons. The zero-order valence-corrected chi connectivity index (χ0v) is 14.0. The van der Waals surface area contributed by atoms with Gasteiger partial charge in [0.25, 0.3) is 0 Å². The molecule has 0 spiro atoms. The molecule has 0 saturated carbocycles. The minimum Gasteiger partial charge on any atom is -0.348 e. The highest BCUT2D eigenvalue weighted by atomic mass is 16.2. The average molecular weight is 324 g/mol. The van der Waals surface area contributed by atoms with Crippen LogP contribution in [0, 0.1) is 0 Å². The fourth-order valence-electron chi connectivity index (χ4n) is 2.44. The summed E-state index contributed by atoms with van der Waals surface area (Å²) in [7, 11) is 0. The number of benzene rings is 2. The van der Waals surface area contributed by atoms with Crippen LogP contribution in [0.15, 0.2) is 60.7 Å². The molecule has 0 fully saturated rings. The maximum Gasteiger partial charge on any atom is 0.309 e. The first-order valence-electron chi connectivity index (χ1n) is 8.31. The normalized spacial score (nSPS) is 11.5. The highest BCUT2D eigenvalue weighted by Crippen LogP contribution is 2.12. The number of nitrogens with one attached hydrogen (secondary N) is 2.